The highest BCUT2D eigenvalue weighted by Gasteiger charge is 1.99. The quantitative estimate of drug-likeness (QED) is 0.781. The summed E-state index contributed by atoms with van der Waals surface area (Å²) in [5.41, 5.74) is 2.18. The van der Waals surface area contributed by atoms with Gasteiger partial charge in [-0.2, -0.15) is 0 Å². The van der Waals surface area contributed by atoms with Crippen LogP contribution in [0.15, 0.2) is 24.3 Å². The van der Waals surface area contributed by atoms with E-state index in [-0.39, 0.29) is 12.6 Å². The maximum absolute atomic E-state index is 11.7. The summed E-state index contributed by atoms with van der Waals surface area (Å²) in [6, 6.07) is 7.52. The number of urea groups is 1. The average molecular weight is 210 g/mol. The third kappa shape index (κ3) is 4.44. The van der Waals surface area contributed by atoms with E-state index in [1.54, 1.807) is 0 Å². The van der Waals surface area contributed by atoms with Gasteiger partial charge in [0.05, 0.1) is 0 Å². The van der Waals surface area contributed by atoms with Gasteiger partial charge in [0.2, 0.25) is 0 Å². The molecule has 82 valence electrons. The Bertz CT molecular complexity index is 328. The van der Waals surface area contributed by atoms with Crippen molar-refractivity contribution in [1.82, 2.24) is 10.6 Å². The third-order valence-corrected chi connectivity index (χ3v) is 1.92. The number of halogens is 1. The normalized spacial score (nSPS) is 9.73. The van der Waals surface area contributed by atoms with Crippen molar-refractivity contribution in [2.24, 2.45) is 0 Å². The van der Waals surface area contributed by atoms with Gasteiger partial charge >= 0.3 is 6.03 Å². The smallest absolute Gasteiger partial charge is 0.315 e. The second kappa shape index (κ2) is 6.01. The van der Waals surface area contributed by atoms with Gasteiger partial charge in [0.1, 0.15) is 6.67 Å². The molecule has 2 N–H and O–H groups in total. The standard InChI is InChI=1S/C11H15FN2O/c1-9-3-2-4-10(7-9)8-14-11(15)13-6-5-12/h2-4,7H,5-6,8H2,1H3,(H2,13,14,15). The van der Waals surface area contributed by atoms with Gasteiger partial charge in [0, 0.05) is 13.1 Å². The van der Waals surface area contributed by atoms with Crippen molar-refractivity contribution in [3.63, 3.8) is 0 Å². The van der Waals surface area contributed by atoms with Crippen molar-refractivity contribution < 1.29 is 9.18 Å². The number of rotatable bonds is 4. The highest BCUT2D eigenvalue weighted by atomic mass is 19.1. The summed E-state index contributed by atoms with van der Waals surface area (Å²) in [5.74, 6) is 0. The van der Waals surface area contributed by atoms with Crippen molar-refractivity contribution in [1.29, 1.82) is 0 Å². The van der Waals surface area contributed by atoms with Gasteiger partial charge in [0.15, 0.2) is 0 Å². The van der Waals surface area contributed by atoms with E-state index >= 15 is 0 Å². The Morgan fingerprint density at radius 3 is 2.87 bits per heavy atom. The van der Waals surface area contributed by atoms with Crippen LogP contribution in [0.2, 0.25) is 0 Å². The summed E-state index contributed by atoms with van der Waals surface area (Å²) >= 11 is 0. The topological polar surface area (TPSA) is 41.1 Å². The van der Waals surface area contributed by atoms with Gasteiger partial charge in [-0.15, -0.1) is 0 Å². The highest BCUT2D eigenvalue weighted by molar-refractivity contribution is 5.73. The molecule has 0 fully saturated rings. The van der Waals surface area contributed by atoms with Crippen LogP contribution in [-0.2, 0) is 6.54 Å². The first kappa shape index (κ1) is 11.5. The highest BCUT2D eigenvalue weighted by Crippen LogP contribution is 2.02. The lowest BCUT2D eigenvalue weighted by Crippen LogP contribution is -2.36. The van der Waals surface area contributed by atoms with Crippen LogP contribution in [0.25, 0.3) is 0 Å². The second-order valence-corrected chi connectivity index (χ2v) is 3.29. The molecule has 0 bridgehead atoms. The number of hydrogen-bond donors (Lipinski definition) is 2. The summed E-state index contributed by atoms with van der Waals surface area (Å²) in [6.45, 7) is 1.96. The average Bonchev–Trinajstić information content (AvgIpc) is 2.23. The Hall–Kier alpha value is -1.58. The zero-order chi connectivity index (χ0) is 11.1. The van der Waals surface area contributed by atoms with E-state index in [9.17, 15) is 9.18 Å². The molecular formula is C11H15FN2O. The number of aryl methyl sites for hydroxylation is 1. The van der Waals surface area contributed by atoms with E-state index in [2.05, 4.69) is 10.6 Å². The van der Waals surface area contributed by atoms with Crippen LogP contribution in [0.4, 0.5) is 9.18 Å². The van der Waals surface area contributed by atoms with E-state index in [4.69, 9.17) is 0 Å². The molecule has 0 saturated carbocycles. The lowest BCUT2D eigenvalue weighted by molar-refractivity contribution is 0.239. The number of amides is 2. The van der Waals surface area contributed by atoms with Crippen molar-refractivity contribution in [3.05, 3.63) is 35.4 Å². The first-order valence-corrected chi connectivity index (χ1v) is 4.85. The SMILES string of the molecule is Cc1cccc(CNC(=O)NCCF)c1. The maximum Gasteiger partial charge on any atom is 0.315 e. The van der Waals surface area contributed by atoms with Gasteiger partial charge in [-0.25, -0.2) is 9.18 Å². The Labute approximate surface area is 88.7 Å². The Balaban J connectivity index is 2.33. The lowest BCUT2D eigenvalue weighted by atomic mass is 10.1. The molecule has 0 atom stereocenters. The third-order valence-electron chi connectivity index (χ3n) is 1.92. The van der Waals surface area contributed by atoms with Crippen molar-refractivity contribution >= 4 is 6.03 Å². The van der Waals surface area contributed by atoms with E-state index in [0.29, 0.717) is 6.54 Å². The molecule has 0 radical (unpaired) electrons. The minimum absolute atomic E-state index is 0.0552. The molecule has 0 aliphatic rings. The number of nitrogens with one attached hydrogen (secondary N) is 2. The van der Waals surface area contributed by atoms with Crippen molar-refractivity contribution in [3.8, 4) is 0 Å². The minimum atomic E-state index is -0.544. The Kier molecular flexibility index (Phi) is 4.60. The number of hydrogen-bond acceptors (Lipinski definition) is 1. The summed E-state index contributed by atoms with van der Waals surface area (Å²) < 4.78 is 11.7. The van der Waals surface area contributed by atoms with Crippen LogP contribution in [0, 0.1) is 6.92 Å². The van der Waals surface area contributed by atoms with E-state index in [1.807, 2.05) is 31.2 Å². The fourth-order valence-corrected chi connectivity index (χ4v) is 1.23. The van der Waals surface area contributed by atoms with Crippen molar-refractivity contribution in [2.75, 3.05) is 13.2 Å². The van der Waals surface area contributed by atoms with Gasteiger partial charge in [-0.1, -0.05) is 29.8 Å². The van der Waals surface area contributed by atoms with E-state index in [1.165, 1.54) is 0 Å². The first-order chi connectivity index (χ1) is 7.22. The van der Waals surface area contributed by atoms with E-state index in [0.717, 1.165) is 11.1 Å². The molecular weight excluding hydrogens is 195 g/mol. The zero-order valence-corrected chi connectivity index (χ0v) is 8.72. The number of carbonyl (C=O) groups is 1. The molecule has 0 saturated heterocycles. The summed E-state index contributed by atoms with van der Waals surface area (Å²) in [5, 5.41) is 5.04. The summed E-state index contributed by atoms with van der Waals surface area (Å²) in [7, 11) is 0. The molecule has 4 heteroatoms. The predicted octanol–water partition coefficient (Wildman–Crippen LogP) is 1.76. The Morgan fingerprint density at radius 2 is 2.20 bits per heavy atom. The maximum atomic E-state index is 11.7. The molecule has 1 rings (SSSR count). The molecule has 15 heavy (non-hydrogen) atoms. The number of alkyl halides is 1. The molecule has 0 aromatic heterocycles. The van der Waals surface area contributed by atoms with E-state index < -0.39 is 6.67 Å². The van der Waals surface area contributed by atoms with Crippen molar-refractivity contribution in [2.45, 2.75) is 13.5 Å². The second-order valence-electron chi connectivity index (χ2n) is 3.29. The predicted molar refractivity (Wildman–Crippen MR) is 57.4 cm³/mol. The van der Waals surface area contributed by atoms with Crippen LogP contribution in [0.3, 0.4) is 0 Å². The largest absolute Gasteiger partial charge is 0.336 e. The fourth-order valence-electron chi connectivity index (χ4n) is 1.23. The summed E-state index contributed by atoms with van der Waals surface area (Å²) in [4.78, 5) is 11.1. The van der Waals surface area contributed by atoms with Crippen LogP contribution in [0.5, 0.6) is 0 Å². The monoisotopic (exact) mass is 210 g/mol. The molecule has 0 heterocycles. The molecule has 1 aromatic rings. The Morgan fingerprint density at radius 1 is 1.40 bits per heavy atom. The van der Waals surface area contributed by atoms with Crippen LogP contribution in [-0.4, -0.2) is 19.3 Å². The molecule has 0 aliphatic carbocycles. The molecule has 3 nitrogen and oxygen atoms in total. The van der Waals surface area contributed by atoms with Gasteiger partial charge in [-0.3, -0.25) is 0 Å². The molecule has 0 spiro atoms. The molecule has 0 unspecified atom stereocenters. The van der Waals surface area contributed by atoms with Crippen LogP contribution in [0.1, 0.15) is 11.1 Å². The van der Waals surface area contributed by atoms with Crippen LogP contribution >= 0.6 is 0 Å². The number of carbonyl (C=O) groups excluding carboxylic acids is 1. The van der Waals surface area contributed by atoms with Gasteiger partial charge in [0.25, 0.3) is 0 Å². The molecule has 1 aromatic carbocycles. The van der Waals surface area contributed by atoms with Crippen LogP contribution < -0.4 is 10.6 Å². The van der Waals surface area contributed by atoms with Gasteiger partial charge < -0.3 is 10.6 Å². The molecule has 2 amide bonds. The first-order valence-electron chi connectivity index (χ1n) is 4.85. The minimum Gasteiger partial charge on any atom is -0.336 e. The number of benzene rings is 1. The van der Waals surface area contributed by atoms with Gasteiger partial charge in [-0.05, 0) is 12.5 Å². The zero-order valence-electron chi connectivity index (χ0n) is 8.72. The lowest BCUT2D eigenvalue weighted by Gasteiger charge is -2.06. The molecule has 0 aliphatic heterocycles. The summed E-state index contributed by atoms with van der Waals surface area (Å²) in [6.07, 6.45) is 0. The fraction of sp³-hybridized carbons (Fsp3) is 0.364.